The van der Waals surface area contributed by atoms with E-state index in [1.54, 1.807) is 6.07 Å². The number of anilines is 3. The Morgan fingerprint density at radius 3 is 2.16 bits per heavy atom. The fraction of sp³-hybridized carbons (Fsp3) is 0. The van der Waals surface area contributed by atoms with Gasteiger partial charge in [-0.25, -0.2) is 13.2 Å². The summed E-state index contributed by atoms with van der Waals surface area (Å²) in [6.07, 6.45) is 0. The number of hydrogen-bond acceptors (Lipinski definition) is 5. The largest absolute Gasteiger partial charge is 0.323 e. The normalized spacial score (nSPS) is 10.9. The van der Waals surface area contributed by atoms with Crippen LogP contribution < -0.4 is 15.4 Å². The van der Waals surface area contributed by atoms with Crippen molar-refractivity contribution in [3.8, 4) is 0 Å². The third-order valence-corrected chi connectivity index (χ3v) is 6.08. The first-order chi connectivity index (χ1) is 14.7. The number of hydrogen-bond donors (Lipinski definition) is 3. The molecule has 0 unspecified atom stereocenters. The van der Waals surface area contributed by atoms with E-state index in [1.807, 2.05) is 0 Å². The number of rotatable bonds is 6. The van der Waals surface area contributed by atoms with E-state index in [1.165, 1.54) is 60.7 Å². The number of nitro groups is 1. The molecule has 0 aliphatic heterocycles. The third kappa shape index (κ3) is 5.63. The number of amides is 2. The van der Waals surface area contributed by atoms with E-state index in [9.17, 15) is 23.3 Å². The van der Waals surface area contributed by atoms with Gasteiger partial charge >= 0.3 is 6.03 Å². The Morgan fingerprint density at radius 2 is 1.52 bits per heavy atom. The van der Waals surface area contributed by atoms with Crippen LogP contribution in [0.15, 0.2) is 71.6 Å². The van der Waals surface area contributed by atoms with Gasteiger partial charge in [-0.1, -0.05) is 35.3 Å². The molecule has 3 aromatic rings. The Bertz CT molecular complexity index is 1250. The number of halogens is 2. The summed E-state index contributed by atoms with van der Waals surface area (Å²) in [6.45, 7) is 0. The molecular formula is C19H14Cl2N4O5S. The molecule has 0 spiro atoms. The minimum atomic E-state index is -3.91. The van der Waals surface area contributed by atoms with E-state index in [0.29, 0.717) is 5.02 Å². The second kappa shape index (κ2) is 9.21. The van der Waals surface area contributed by atoms with Gasteiger partial charge in [0.1, 0.15) is 5.69 Å². The number of benzene rings is 3. The highest BCUT2D eigenvalue weighted by molar-refractivity contribution is 7.92. The van der Waals surface area contributed by atoms with Crippen LogP contribution in [-0.4, -0.2) is 19.4 Å². The molecule has 0 aromatic heterocycles. The quantitative estimate of drug-likeness (QED) is 0.323. The standard InChI is InChI=1S/C19H14Cl2N4O5S/c20-15-10-7-13(11-16(15)21)24-31(29,30)14-8-5-12(6-9-14)22-19(26)23-17-3-1-2-4-18(17)25(27)28/h1-11,24H,(H2,22,23,26). The molecule has 3 aromatic carbocycles. The summed E-state index contributed by atoms with van der Waals surface area (Å²) >= 11 is 11.7. The van der Waals surface area contributed by atoms with Gasteiger partial charge in [-0.15, -0.1) is 0 Å². The van der Waals surface area contributed by atoms with E-state index in [4.69, 9.17) is 23.2 Å². The molecule has 12 heteroatoms. The molecule has 0 radical (unpaired) electrons. The average molecular weight is 481 g/mol. The summed E-state index contributed by atoms with van der Waals surface area (Å²) < 4.78 is 27.4. The van der Waals surface area contributed by atoms with Crippen molar-refractivity contribution < 1.29 is 18.1 Å². The number of para-hydroxylation sites is 2. The Hall–Kier alpha value is -3.34. The third-order valence-electron chi connectivity index (χ3n) is 3.94. The monoisotopic (exact) mass is 480 g/mol. The molecule has 0 saturated heterocycles. The SMILES string of the molecule is O=C(Nc1ccc(S(=O)(=O)Nc2ccc(Cl)c(Cl)c2)cc1)Nc1ccccc1[N+](=O)[O-]. The fourth-order valence-corrected chi connectivity index (χ4v) is 3.86. The van der Waals surface area contributed by atoms with Crippen LogP contribution in [0.1, 0.15) is 0 Å². The lowest BCUT2D eigenvalue weighted by Crippen LogP contribution is -2.20. The van der Waals surface area contributed by atoms with Crippen LogP contribution >= 0.6 is 23.2 Å². The summed E-state index contributed by atoms with van der Waals surface area (Å²) in [5.41, 5.74) is 0.285. The summed E-state index contributed by atoms with van der Waals surface area (Å²) in [6, 6.07) is 14.6. The zero-order chi connectivity index (χ0) is 22.6. The molecule has 0 heterocycles. The topological polar surface area (TPSA) is 130 Å². The van der Waals surface area contributed by atoms with Crippen molar-refractivity contribution >= 4 is 62.0 Å². The molecule has 3 rings (SSSR count). The molecule has 2 amide bonds. The average Bonchev–Trinajstić information content (AvgIpc) is 2.71. The van der Waals surface area contributed by atoms with Crippen molar-refractivity contribution in [2.24, 2.45) is 0 Å². The maximum atomic E-state index is 12.5. The molecule has 0 saturated carbocycles. The Kier molecular flexibility index (Phi) is 6.64. The maximum absolute atomic E-state index is 12.5. The van der Waals surface area contributed by atoms with Crippen molar-refractivity contribution in [2.75, 3.05) is 15.4 Å². The van der Waals surface area contributed by atoms with E-state index < -0.39 is 21.0 Å². The van der Waals surface area contributed by atoms with Crippen LogP contribution in [0, 0.1) is 10.1 Å². The lowest BCUT2D eigenvalue weighted by Gasteiger charge is -2.11. The highest BCUT2D eigenvalue weighted by Crippen LogP contribution is 2.27. The lowest BCUT2D eigenvalue weighted by atomic mass is 10.2. The maximum Gasteiger partial charge on any atom is 0.323 e. The van der Waals surface area contributed by atoms with E-state index in [2.05, 4.69) is 15.4 Å². The van der Waals surface area contributed by atoms with Crippen molar-refractivity contribution in [3.63, 3.8) is 0 Å². The highest BCUT2D eigenvalue weighted by Gasteiger charge is 2.17. The van der Waals surface area contributed by atoms with E-state index in [0.717, 1.165) is 0 Å². The predicted molar refractivity (Wildman–Crippen MR) is 119 cm³/mol. The summed E-state index contributed by atoms with van der Waals surface area (Å²) in [7, 11) is -3.91. The molecule has 0 bridgehead atoms. The Labute approximate surface area is 187 Å². The van der Waals surface area contributed by atoms with Crippen LogP contribution in [-0.2, 0) is 10.0 Å². The Balaban J connectivity index is 1.69. The van der Waals surface area contributed by atoms with Crippen molar-refractivity contribution in [3.05, 3.63) is 86.9 Å². The van der Waals surface area contributed by atoms with Crippen LogP contribution in [0.2, 0.25) is 10.0 Å². The van der Waals surface area contributed by atoms with Gasteiger partial charge in [0.15, 0.2) is 0 Å². The minimum absolute atomic E-state index is 0.0232. The number of carbonyl (C=O) groups is 1. The van der Waals surface area contributed by atoms with Gasteiger partial charge in [0.2, 0.25) is 0 Å². The molecular weight excluding hydrogens is 467 g/mol. The van der Waals surface area contributed by atoms with Gasteiger partial charge < -0.3 is 10.6 Å². The first kappa shape index (κ1) is 22.3. The number of nitrogens with one attached hydrogen (secondary N) is 3. The van der Waals surface area contributed by atoms with Gasteiger partial charge in [0, 0.05) is 11.8 Å². The Morgan fingerprint density at radius 1 is 0.871 bits per heavy atom. The van der Waals surface area contributed by atoms with Crippen LogP contribution in [0.5, 0.6) is 0 Å². The zero-order valence-electron chi connectivity index (χ0n) is 15.5. The second-order valence-electron chi connectivity index (χ2n) is 6.11. The van der Waals surface area contributed by atoms with Gasteiger partial charge in [-0.3, -0.25) is 14.8 Å². The van der Waals surface area contributed by atoms with Crippen LogP contribution in [0.25, 0.3) is 0 Å². The lowest BCUT2D eigenvalue weighted by molar-refractivity contribution is -0.383. The summed E-state index contributed by atoms with van der Waals surface area (Å²) in [5.74, 6) is 0. The molecule has 3 N–H and O–H groups in total. The number of nitrogens with zero attached hydrogens (tertiary/aromatic N) is 1. The smallest absolute Gasteiger partial charge is 0.308 e. The van der Waals surface area contributed by atoms with Crippen LogP contribution in [0.3, 0.4) is 0 Å². The molecule has 0 atom stereocenters. The van der Waals surface area contributed by atoms with E-state index >= 15 is 0 Å². The number of urea groups is 1. The number of carbonyl (C=O) groups excluding carboxylic acids is 1. The molecule has 31 heavy (non-hydrogen) atoms. The molecule has 0 aliphatic carbocycles. The zero-order valence-corrected chi connectivity index (χ0v) is 17.8. The van der Waals surface area contributed by atoms with Gasteiger partial charge in [-0.2, -0.15) is 0 Å². The number of sulfonamides is 1. The molecule has 160 valence electrons. The van der Waals surface area contributed by atoms with Crippen molar-refractivity contribution in [2.45, 2.75) is 4.90 Å². The molecule has 0 aliphatic rings. The van der Waals surface area contributed by atoms with Gasteiger partial charge in [-0.05, 0) is 48.5 Å². The summed E-state index contributed by atoms with van der Waals surface area (Å²) in [4.78, 5) is 22.5. The van der Waals surface area contributed by atoms with Crippen molar-refractivity contribution in [1.82, 2.24) is 0 Å². The summed E-state index contributed by atoms with van der Waals surface area (Å²) in [5, 5.41) is 16.4. The molecule has 9 nitrogen and oxygen atoms in total. The fourth-order valence-electron chi connectivity index (χ4n) is 2.51. The first-order valence-corrected chi connectivity index (χ1v) is 10.8. The predicted octanol–water partition coefficient (Wildman–Crippen LogP) is 5.35. The second-order valence-corrected chi connectivity index (χ2v) is 8.61. The molecule has 0 fully saturated rings. The van der Waals surface area contributed by atoms with Gasteiger partial charge in [0.05, 0.1) is 25.6 Å². The highest BCUT2D eigenvalue weighted by atomic mass is 35.5. The van der Waals surface area contributed by atoms with Gasteiger partial charge in [0.25, 0.3) is 15.7 Å². The van der Waals surface area contributed by atoms with Crippen LogP contribution in [0.4, 0.5) is 27.5 Å². The first-order valence-electron chi connectivity index (χ1n) is 8.55. The van der Waals surface area contributed by atoms with E-state index in [-0.39, 0.29) is 32.7 Å². The minimum Gasteiger partial charge on any atom is -0.308 e. The van der Waals surface area contributed by atoms with Crippen molar-refractivity contribution in [1.29, 1.82) is 0 Å². The number of nitro benzene ring substituents is 1.